The third kappa shape index (κ3) is 10.6. The van der Waals surface area contributed by atoms with E-state index in [2.05, 4.69) is 20.9 Å². The zero-order chi connectivity index (χ0) is 22.9. The van der Waals surface area contributed by atoms with Crippen LogP contribution in [0.5, 0.6) is 5.75 Å². The lowest BCUT2D eigenvalue weighted by molar-refractivity contribution is 0.0473. The Morgan fingerprint density at radius 2 is 1.71 bits per heavy atom. The van der Waals surface area contributed by atoms with Gasteiger partial charge in [0.2, 0.25) is 0 Å². The van der Waals surface area contributed by atoms with Crippen molar-refractivity contribution in [2.45, 2.75) is 52.3 Å². The number of carbonyl (C=O) groups is 2. The summed E-state index contributed by atoms with van der Waals surface area (Å²) in [5, 5.41) is 9.18. The maximum Gasteiger partial charge on any atom is 0.408 e. The van der Waals surface area contributed by atoms with Gasteiger partial charge in [0.1, 0.15) is 16.9 Å². The first-order valence-electron chi connectivity index (χ1n) is 9.61. The molecular formula is C21H35IN4O5. The van der Waals surface area contributed by atoms with Crippen molar-refractivity contribution in [2.24, 2.45) is 4.99 Å². The normalized spacial score (nSPS) is 11.7. The standard InChI is InChI=1S/C21H34N4O5.HI/c1-20(2,3)30-19(27)25-21(4,5)13-24-18(22-6)23-12-14-9-10-16(28-7)15(11-14)17(26)29-8;/h9-11H,12-13H2,1-8H3,(H,25,27)(H2,22,23,24);1H. The number of esters is 1. The lowest BCUT2D eigenvalue weighted by Gasteiger charge is -2.29. The van der Waals surface area contributed by atoms with Crippen molar-refractivity contribution in [3.8, 4) is 5.75 Å². The zero-order valence-corrected chi connectivity index (χ0v) is 21.9. The molecule has 176 valence electrons. The highest BCUT2D eigenvalue weighted by Gasteiger charge is 2.24. The monoisotopic (exact) mass is 550 g/mol. The van der Waals surface area contributed by atoms with E-state index in [9.17, 15) is 9.59 Å². The van der Waals surface area contributed by atoms with Crippen molar-refractivity contribution in [1.29, 1.82) is 0 Å². The fourth-order valence-corrected chi connectivity index (χ4v) is 2.47. The molecule has 0 aromatic heterocycles. The first kappa shape index (κ1) is 28.8. The Balaban J connectivity index is 0.00000900. The molecule has 0 aliphatic carbocycles. The van der Waals surface area contributed by atoms with Crippen molar-refractivity contribution in [3.05, 3.63) is 29.3 Å². The Morgan fingerprint density at radius 1 is 1.06 bits per heavy atom. The molecule has 0 bridgehead atoms. The molecule has 0 atom stereocenters. The van der Waals surface area contributed by atoms with E-state index in [4.69, 9.17) is 14.2 Å². The minimum Gasteiger partial charge on any atom is -0.496 e. The summed E-state index contributed by atoms with van der Waals surface area (Å²) < 4.78 is 15.3. The first-order chi connectivity index (χ1) is 13.9. The summed E-state index contributed by atoms with van der Waals surface area (Å²) in [6.45, 7) is 10.0. The second-order valence-corrected chi connectivity index (χ2v) is 8.32. The van der Waals surface area contributed by atoms with E-state index in [0.29, 0.717) is 30.4 Å². The van der Waals surface area contributed by atoms with E-state index in [1.54, 1.807) is 19.2 Å². The average Bonchev–Trinajstić information content (AvgIpc) is 2.65. The Bertz CT molecular complexity index is 776. The third-order valence-electron chi connectivity index (χ3n) is 3.89. The number of aliphatic imine (C=N–C) groups is 1. The minimum atomic E-state index is -0.571. The number of methoxy groups -OCH3 is 2. The van der Waals surface area contributed by atoms with E-state index in [0.717, 1.165) is 5.56 Å². The second kappa shape index (κ2) is 12.6. The Hall–Kier alpha value is -2.24. The predicted octanol–water partition coefficient (Wildman–Crippen LogP) is 3.07. The molecule has 0 heterocycles. The molecule has 0 aliphatic heterocycles. The summed E-state index contributed by atoms with van der Waals surface area (Å²) >= 11 is 0. The molecule has 0 saturated carbocycles. The highest BCUT2D eigenvalue weighted by Crippen LogP contribution is 2.20. The molecule has 10 heteroatoms. The highest BCUT2D eigenvalue weighted by atomic mass is 127. The molecule has 0 unspecified atom stereocenters. The van der Waals surface area contributed by atoms with Gasteiger partial charge < -0.3 is 30.2 Å². The molecule has 1 aromatic carbocycles. The van der Waals surface area contributed by atoms with Gasteiger partial charge in [-0.3, -0.25) is 4.99 Å². The number of ether oxygens (including phenoxy) is 3. The molecule has 3 N–H and O–H groups in total. The Kier molecular flexibility index (Phi) is 11.7. The fraction of sp³-hybridized carbons (Fsp3) is 0.571. The van der Waals surface area contributed by atoms with Crippen LogP contribution in [0.25, 0.3) is 0 Å². The van der Waals surface area contributed by atoms with Crippen molar-refractivity contribution < 1.29 is 23.8 Å². The van der Waals surface area contributed by atoms with Gasteiger partial charge in [-0.15, -0.1) is 24.0 Å². The molecule has 0 radical (unpaired) electrons. The van der Waals surface area contributed by atoms with Crippen LogP contribution >= 0.6 is 24.0 Å². The van der Waals surface area contributed by atoms with Crippen molar-refractivity contribution in [3.63, 3.8) is 0 Å². The average molecular weight is 550 g/mol. The van der Waals surface area contributed by atoms with Gasteiger partial charge in [0.05, 0.1) is 19.8 Å². The largest absolute Gasteiger partial charge is 0.496 e. The van der Waals surface area contributed by atoms with Crippen LogP contribution in [-0.2, 0) is 16.0 Å². The number of nitrogens with zero attached hydrogens (tertiary/aromatic N) is 1. The van der Waals surface area contributed by atoms with Crippen molar-refractivity contribution in [1.82, 2.24) is 16.0 Å². The summed E-state index contributed by atoms with van der Waals surface area (Å²) in [5.74, 6) is 0.527. The van der Waals surface area contributed by atoms with Gasteiger partial charge in [-0.25, -0.2) is 9.59 Å². The number of nitrogens with one attached hydrogen (secondary N) is 3. The van der Waals surface area contributed by atoms with E-state index in [-0.39, 0.29) is 24.0 Å². The molecule has 31 heavy (non-hydrogen) atoms. The highest BCUT2D eigenvalue weighted by molar-refractivity contribution is 14.0. The number of carbonyl (C=O) groups excluding carboxylic acids is 2. The maximum atomic E-state index is 12.0. The molecule has 1 aromatic rings. The second-order valence-electron chi connectivity index (χ2n) is 8.32. The number of benzene rings is 1. The molecule has 0 saturated heterocycles. The first-order valence-corrected chi connectivity index (χ1v) is 9.61. The number of hydrogen-bond donors (Lipinski definition) is 3. The molecular weight excluding hydrogens is 515 g/mol. The van der Waals surface area contributed by atoms with E-state index in [1.807, 2.05) is 40.7 Å². The Labute approximate surface area is 201 Å². The van der Waals surface area contributed by atoms with E-state index in [1.165, 1.54) is 14.2 Å². The van der Waals surface area contributed by atoms with Crippen LogP contribution < -0.4 is 20.7 Å². The zero-order valence-electron chi connectivity index (χ0n) is 19.5. The summed E-state index contributed by atoms with van der Waals surface area (Å²) in [5.41, 5.74) is 0.0697. The van der Waals surface area contributed by atoms with Gasteiger partial charge in [0.15, 0.2) is 5.96 Å². The molecule has 0 fully saturated rings. The SMILES string of the molecule is CN=C(NCc1ccc(OC)c(C(=O)OC)c1)NCC(C)(C)NC(=O)OC(C)(C)C.I. The van der Waals surface area contributed by atoms with Gasteiger partial charge >= 0.3 is 12.1 Å². The number of amides is 1. The molecule has 0 spiro atoms. The Morgan fingerprint density at radius 3 is 2.23 bits per heavy atom. The van der Waals surface area contributed by atoms with E-state index < -0.39 is 23.2 Å². The molecule has 9 nitrogen and oxygen atoms in total. The van der Waals surface area contributed by atoms with Gasteiger partial charge in [0.25, 0.3) is 0 Å². The lowest BCUT2D eigenvalue weighted by Crippen LogP contribution is -2.54. The topological polar surface area (TPSA) is 110 Å². The van der Waals surface area contributed by atoms with Crippen molar-refractivity contribution in [2.75, 3.05) is 27.8 Å². The molecule has 1 amide bonds. The van der Waals surface area contributed by atoms with Gasteiger partial charge in [-0.1, -0.05) is 6.07 Å². The number of guanidine groups is 1. The molecule has 1 rings (SSSR count). The van der Waals surface area contributed by atoms with Crippen LogP contribution in [0, 0.1) is 0 Å². The van der Waals surface area contributed by atoms with Crippen LogP contribution in [0.1, 0.15) is 50.5 Å². The van der Waals surface area contributed by atoms with Gasteiger partial charge in [-0.05, 0) is 52.3 Å². The van der Waals surface area contributed by atoms with Crippen LogP contribution in [0.4, 0.5) is 4.79 Å². The van der Waals surface area contributed by atoms with Crippen LogP contribution in [-0.4, -0.2) is 57.0 Å². The summed E-state index contributed by atoms with van der Waals surface area (Å²) in [4.78, 5) is 28.1. The third-order valence-corrected chi connectivity index (χ3v) is 3.89. The predicted molar refractivity (Wildman–Crippen MR) is 131 cm³/mol. The summed E-state index contributed by atoms with van der Waals surface area (Å²) in [6.07, 6.45) is -0.481. The van der Waals surface area contributed by atoms with Gasteiger partial charge in [-0.2, -0.15) is 0 Å². The number of rotatable bonds is 7. The number of alkyl carbamates (subject to hydrolysis) is 1. The summed E-state index contributed by atoms with van der Waals surface area (Å²) in [7, 11) is 4.47. The quantitative estimate of drug-likeness (QED) is 0.207. The molecule has 0 aliphatic rings. The van der Waals surface area contributed by atoms with Crippen LogP contribution in [0.3, 0.4) is 0 Å². The fourth-order valence-electron chi connectivity index (χ4n) is 2.47. The van der Waals surface area contributed by atoms with E-state index >= 15 is 0 Å². The van der Waals surface area contributed by atoms with Crippen LogP contribution in [0.2, 0.25) is 0 Å². The van der Waals surface area contributed by atoms with Gasteiger partial charge in [0, 0.05) is 20.1 Å². The van der Waals surface area contributed by atoms with Crippen LogP contribution in [0.15, 0.2) is 23.2 Å². The minimum absolute atomic E-state index is 0. The maximum absolute atomic E-state index is 12.0. The lowest BCUT2D eigenvalue weighted by atomic mass is 10.1. The van der Waals surface area contributed by atoms with Crippen molar-refractivity contribution >= 4 is 42.0 Å². The smallest absolute Gasteiger partial charge is 0.408 e. The number of halogens is 1. The number of hydrogen-bond acceptors (Lipinski definition) is 6. The summed E-state index contributed by atoms with van der Waals surface area (Å²) in [6, 6.07) is 5.27.